The van der Waals surface area contributed by atoms with E-state index >= 15 is 0 Å². The summed E-state index contributed by atoms with van der Waals surface area (Å²) in [5, 5.41) is 3.50. The Morgan fingerprint density at radius 1 is 1.33 bits per heavy atom. The Labute approximate surface area is 116 Å². The van der Waals surface area contributed by atoms with Gasteiger partial charge in [-0.3, -0.25) is 0 Å². The van der Waals surface area contributed by atoms with E-state index in [0.717, 1.165) is 0 Å². The summed E-state index contributed by atoms with van der Waals surface area (Å²) in [5.74, 6) is 0. The number of aryl methyl sites for hydroxylation is 2. The van der Waals surface area contributed by atoms with Crippen LogP contribution in [-0.4, -0.2) is 7.05 Å². The standard InChI is InChI=1S/C16H27NS/c1-16(2,3)10-6-8-13(17-4)15-11-12-7-5-9-14(12)18-15/h11,13,17H,5-10H2,1-4H3. The lowest BCUT2D eigenvalue weighted by Crippen LogP contribution is -2.16. The van der Waals surface area contributed by atoms with Gasteiger partial charge in [-0.05, 0) is 56.2 Å². The molecule has 0 saturated carbocycles. The van der Waals surface area contributed by atoms with Crippen LogP contribution in [0.1, 0.15) is 67.8 Å². The summed E-state index contributed by atoms with van der Waals surface area (Å²) in [5.41, 5.74) is 2.10. The van der Waals surface area contributed by atoms with Gasteiger partial charge >= 0.3 is 0 Å². The molecular weight excluding hydrogens is 238 g/mol. The number of hydrogen-bond donors (Lipinski definition) is 1. The fraction of sp³-hybridized carbons (Fsp3) is 0.750. The van der Waals surface area contributed by atoms with Crippen LogP contribution in [0.25, 0.3) is 0 Å². The van der Waals surface area contributed by atoms with Crippen LogP contribution in [0.15, 0.2) is 6.07 Å². The van der Waals surface area contributed by atoms with Gasteiger partial charge in [0, 0.05) is 15.8 Å². The van der Waals surface area contributed by atoms with Gasteiger partial charge in [0.25, 0.3) is 0 Å². The Balaban J connectivity index is 1.91. The summed E-state index contributed by atoms with van der Waals surface area (Å²) in [6.45, 7) is 7.00. The SMILES string of the molecule is CNC(CCCC(C)(C)C)c1cc2c(s1)CCC2. The molecule has 0 saturated heterocycles. The molecule has 18 heavy (non-hydrogen) atoms. The highest BCUT2D eigenvalue weighted by Gasteiger charge is 2.19. The number of thiophene rings is 1. The molecule has 0 amide bonds. The van der Waals surface area contributed by atoms with E-state index in [4.69, 9.17) is 0 Å². The summed E-state index contributed by atoms with van der Waals surface area (Å²) < 4.78 is 0. The summed E-state index contributed by atoms with van der Waals surface area (Å²) in [6.07, 6.45) is 7.90. The van der Waals surface area contributed by atoms with Crippen molar-refractivity contribution in [2.75, 3.05) is 7.05 Å². The smallest absolute Gasteiger partial charge is 0.0412 e. The monoisotopic (exact) mass is 265 g/mol. The highest BCUT2D eigenvalue weighted by atomic mass is 32.1. The van der Waals surface area contributed by atoms with Gasteiger partial charge in [-0.2, -0.15) is 0 Å². The van der Waals surface area contributed by atoms with Gasteiger partial charge in [0.05, 0.1) is 0 Å². The van der Waals surface area contributed by atoms with Crippen LogP contribution in [0.5, 0.6) is 0 Å². The van der Waals surface area contributed by atoms with Crippen molar-refractivity contribution in [2.24, 2.45) is 5.41 Å². The minimum absolute atomic E-state index is 0.468. The molecule has 0 aromatic carbocycles. The second kappa shape index (κ2) is 5.75. The minimum atomic E-state index is 0.468. The fourth-order valence-electron chi connectivity index (χ4n) is 2.79. The predicted octanol–water partition coefficient (Wildman–Crippen LogP) is 4.71. The third kappa shape index (κ3) is 3.58. The van der Waals surface area contributed by atoms with Crippen LogP contribution in [0, 0.1) is 5.41 Å². The zero-order valence-electron chi connectivity index (χ0n) is 12.3. The number of fused-ring (bicyclic) bond motifs is 1. The Bertz CT molecular complexity index is 365. The molecule has 0 radical (unpaired) electrons. The van der Waals surface area contributed by atoms with Crippen LogP contribution in [-0.2, 0) is 12.8 Å². The average Bonchev–Trinajstić information content (AvgIpc) is 2.82. The second-order valence-electron chi connectivity index (χ2n) is 6.74. The van der Waals surface area contributed by atoms with Crippen LogP contribution >= 0.6 is 11.3 Å². The van der Waals surface area contributed by atoms with E-state index in [-0.39, 0.29) is 0 Å². The largest absolute Gasteiger partial charge is 0.312 e. The van der Waals surface area contributed by atoms with Gasteiger partial charge in [-0.15, -0.1) is 11.3 Å². The molecule has 1 heterocycles. The van der Waals surface area contributed by atoms with E-state index in [0.29, 0.717) is 11.5 Å². The molecular formula is C16H27NS. The molecule has 1 atom stereocenters. The van der Waals surface area contributed by atoms with Crippen molar-refractivity contribution < 1.29 is 0 Å². The Morgan fingerprint density at radius 2 is 2.11 bits per heavy atom. The maximum atomic E-state index is 3.50. The molecule has 0 fully saturated rings. The summed E-state index contributed by atoms with van der Waals surface area (Å²) in [6, 6.07) is 3.04. The van der Waals surface area contributed by atoms with Crippen LogP contribution in [0.4, 0.5) is 0 Å². The Morgan fingerprint density at radius 3 is 2.72 bits per heavy atom. The first-order chi connectivity index (χ1) is 8.49. The van der Waals surface area contributed by atoms with Crippen molar-refractivity contribution in [3.8, 4) is 0 Å². The molecule has 1 aliphatic rings. The van der Waals surface area contributed by atoms with Crippen molar-refractivity contribution in [2.45, 2.75) is 65.3 Å². The fourth-order valence-corrected chi connectivity index (χ4v) is 4.19. The first kappa shape index (κ1) is 14.1. The summed E-state index contributed by atoms with van der Waals surface area (Å²) in [4.78, 5) is 3.22. The molecule has 1 aliphatic carbocycles. The van der Waals surface area contributed by atoms with E-state index in [1.54, 1.807) is 15.3 Å². The maximum Gasteiger partial charge on any atom is 0.0412 e. The van der Waals surface area contributed by atoms with Crippen LogP contribution in [0.2, 0.25) is 0 Å². The summed E-state index contributed by atoms with van der Waals surface area (Å²) in [7, 11) is 2.10. The highest BCUT2D eigenvalue weighted by Crippen LogP contribution is 2.35. The maximum absolute atomic E-state index is 3.50. The lowest BCUT2D eigenvalue weighted by molar-refractivity contribution is 0.348. The lowest BCUT2D eigenvalue weighted by Gasteiger charge is -2.20. The Hall–Kier alpha value is -0.340. The van der Waals surface area contributed by atoms with E-state index in [2.05, 4.69) is 50.5 Å². The first-order valence-electron chi connectivity index (χ1n) is 7.28. The molecule has 1 unspecified atom stereocenters. The predicted molar refractivity (Wildman–Crippen MR) is 81.5 cm³/mol. The van der Waals surface area contributed by atoms with E-state index in [9.17, 15) is 0 Å². The number of hydrogen-bond acceptors (Lipinski definition) is 2. The molecule has 0 spiro atoms. The summed E-state index contributed by atoms with van der Waals surface area (Å²) >= 11 is 2.05. The van der Waals surface area contributed by atoms with Crippen molar-refractivity contribution in [3.05, 3.63) is 21.4 Å². The molecule has 2 rings (SSSR count). The molecule has 1 N–H and O–H groups in total. The van der Waals surface area contributed by atoms with E-state index < -0.39 is 0 Å². The lowest BCUT2D eigenvalue weighted by atomic mass is 9.89. The molecule has 0 bridgehead atoms. The Kier molecular flexibility index (Phi) is 4.50. The number of rotatable bonds is 5. The zero-order chi connectivity index (χ0) is 13.2. The van der Waals surface area contributed by atoms with Gasteiger partial charge in [0.15, 0.2) is 0 Å². The molecule has 1 aromatic heterocycles. The van der Waals surface area contributed by atoms with Gasteiger partial charge in [-0.25, -0.2) is 0 Å². The van der Waals surface area contributed by atoms with Gasteiger partial charge in [-0.1, -0.05) is 27.2 Å². The van der Waals surface area contributed by atoms with Crippen molar-refractivity contribution >= 4 is 11.3 Å². The number of nitrogens with one attached hydrogen (secondary N) is 1. The third-order valence-corrected chi connectivity index (χ3v) is 5.23. The van der Waals surface area contributed by atoms with Crippen LogP contribution < -0.4 is 5.32 Å². The first-order valence-corrected chi connectivity index (χ1v) is 8.10. The normalized spacial score (nSPS) is 16.9. The van der Waals surface area contributed by atoms with E-state index in [1.165, 1.54) is 38.5 Å². The zero-order valence-corrected chi connectivity index (χ0v) is 13.1. The van der Waals surface area contributed by atoms with Gasteiger partial charge < -0.3 is 5.32 Å². The van der Waals surface area contributed by atoms with Crippen molar-refractivity contribution in [1.82, 2.24) is 5.32 Å². The van der Waals surface area contributed by atoms with Crippen LogP contribution in [0.3, 0.4) is 0 Å². The molecule has 0 aliphatic heterocycles. The van der Waals surface area contributed by atoms with Gasteiger partial charge in [0.1, 0.15) is 0 Å². The average molecular weight is 265 g/mol. The minimum Gasteiger partial charge on any atom is -0.312 e. The molecule has 2 heteroatoms. The van der Waals surface area contributed by atoms with E-state index in [1.807, 2.05) is 0 Å². The van der Waals surface area contributed by atoms with Crippen molar-refractivity contribution in [1.29, 1.82) is 0 Å². The molecule has 1 nitrogen and oxygen atoms in total. The van der Waals surface area contributed by atoms with Gasteiger partial charge in [0.2, 0.25) is 0 Å². The topological polar surface area (TPSA) is 12.0 Å². The van der Waals surface area contributed by atoms with Crippen molar-refractivity contribution in [3.63, 3.8) is 0 Å². The molecule has 102 valence electrons. The molecule has 1 aromatic rings. The highest BCUT2D eigenvalue weighted by molar-refractivity contribution is 7.12. The second-order valence-corrected chi connectivity index (χ2v) is 7.91. The quantitative estimate of drug-likeness (QED) is 0.812. The third-order valence-electron chi connectivity index (χ3n) is 3.88.